The van der Waals surface area contributed by atoms with Crippen molar-refractivity contribution in [2.75, 3.05) is 13.2 Å². The van der Waals surface area contributed by atoms with Crippen LogP contribution in [-0.2, 0) is 0 Å². The highest BCUT2D eigenvalue weighted by atomic mass is 32.1. The van der Waals surface area contributed by atoms with Crippen LogP contribution in [0.2, 0.25) is 0 Å². The van der Waals surface area contributed by atoms with Crippen LogP contribution in [-0.4, -0.2) is 13.2 Å². The third-order valence-corrected chi connectivity index (χ3v) is 8.03. The lowest BCUT2D eigenvalue weighted by molar-refractivity contribution is 0.177. The van der Waals surface area contributed by atoms with Crippen LogP contribution in [0.25, 0.3) is 20.2 Å². The van der Waals surface area contributed by atoms with Gasteiger partial charge < -0.3 is 9.47 Å². The normalized spacial score (nSPS) is 19.2. The van der Waals surface area contributed by atoms with Gasteiger partial charge in [0.2, 0.25) is 0 Å². The van der Waals surface area contributed by atoms with E-state index in [-0.39, 0.29) is 17.3 Å². The van der Waals surface area contributed by atoms with E-state index >= 15 is 8.78 Å². The fraction of sp³-hybridized carbons (Fsp3) is 0.556. The van der Waals surface area contributed by atoms with Crippen LogP contribution in [0.4, 0.5) is 8.78 Å². The maximum atomic E-state index is 15.3. The summed E-state index contributed by atoms with van der Waals surface area (Å²) in [5.74, 6) is 1.64. The number of hydrogen-bond donors (Lipinski definition) is 0. The van der Waals surface area contributed by atoms with Gasteiger partial charge >= 0.3 is 0 Å². The van der Waals surface area contributed by atoms with Crippen LogP contribution in [0.5, 0.6) is 11.5 Å². The lowest BCUT2D eigenvalue weighted by Gasteiger charge is -2.27. The molecule has 174 valence electrons. The molecule has 4 rings (SSSR count). The highest BCUT2D eigenvalue weighted by Crippen LogP contribution is 2.42. The zero-order valence-electron chi connectivity index (χ0n) is 19.4. The van der Waals surface area contributed by atoms with Gasteiger partial charge in [0.1, 0.15) is 0 Å². The third kappa shape index (κ3) is 5.03. The maximum Gasteiger partial charge on any atom is 0.182 e. The van der Waals surface area contributed by atoms with Gasteiger partial charge in [-0.3, -0.25) is 0 Å². The predicted molar refractivity (Wildman–Crippen MR) is 130 cm³/mol. The van der Waals surface area contributed by atoms with Crippen molar-refractivity contribution in [2.24, 2.45) is 17.8 Å². The quantitative estimate of drug-likeness (QED) is 0.297. The second-order valence-electron chi connectivity index (χ2n) is 9.60. The SMILES string of the molecule is CCC1CCC(COc2ccc3c(sc4c(F)c(OCCCC(C)C)ccc43)c2F)CC1. The molecule has 2 aromatic carbocycles. The molecule has 3 aromatic rings. The number of rotatable bonds is 9. The van der Waals surface area contributed by atoms with Crippen LogP contribution >= 0.6 is 11.3 Å². The summed E-state index contributed by atoms with van der Waals surface area (Å²) in [5.41, 5.74) is 0. The molecule has 0 amide bonds. The van der Waals surface area contributed by atoms with E-state index in [2.05, 4.69) is 20.8 Å². The second-order valence-corrected chi connectivity index (χ2v) is 10.6. The molecule has 0 spiro atoms. The molecule has 0 bridgehead atoms. The highest BCUT2D eigenvalue weighted by Gasteiger charge is 2.22. The van der Waals surface area contributed by atoms with E-state index in [1.807, 2.05) is 12.1 Å². The van der Waals surface area contributed by atoms with Crippen LogP contribution in [0, 0.1) is 29.4 Å². The lowest BCUT2D eigenvalue weighted by Crippen LogP contribution is -2.20. The Morgan fingerprint density at radius 3 is 2.00 bits per heavy atom. The number of ether oxygens (including phenoxy) is 2. The lowest BCUT2D eigenvalue weighted by atomic mass is 9.81. The van der Waals surface area contributed by atoms with E-state index in [1.54, 1.807) is 12.1 Å². The van der Waals surface area contributed by atoms with Crippen molar-refractivity contribution in [3.05, 3.63) is 35.9 Å². The first-order valence-corrected chi connectivity index (χ1v) is 12.9. The molecule has 1 fully saturated rings. The molecule has 32 heavy (non-hydrogen) atoms. The van der Waals surface area contributed by atoms with Crippen molar-refractivity contribution in [1.29, 1.82) is 0 Å². The predicted octanol–water partition coefficient (Wildman–Crippen LogP) is 8.74. The van der Waals surface area contributed by atoms with Gasteiger partial charge in [-0.25, -0.2) is 8.78 Å². The van der Waals surface area contributed by atoms with Crippen molar-refractivity contribution in [2.45, 2.75) is 65.7 Å². The minimum atomic E-state index is -0.400. The molecule has 1 aromatic heterocycles. The summed E-state index contributed by atoms with van der Waals surface area (Å²) in [6, 6.07) is 7.04. The Kier molecular flexibility index (Phi) is 7.55. The van der Waals surface area contributed by atoms with Crippen LogP contribution < -0.4 is 9.47 Å². The van der Waals surface area contributed by atoms with E-state index in [0.717, 1.165) is 53.7 Å². The van der Waals surface area contributed by atoms with Crippen LogP contribution in [0.3, 0.4) is 0 Å². The van der Waals surface area contributed by atoms with Crippen molar-refractivity contribution in [3.8, 4) is 11.5 Å². The zero-order valence-corrected chi connectivity index (χ0v) is 20.2. The first-order chi connectivity index (χ1) is 15.5. The van der Waals surface area contributed by atoms with Gasteiger partial charge in [0, 0.05) is 10.8 Å². The molecule has 1 saturated carbocycles. The topological polar surface area (TPSA) is 18.5 Å². The molecular formula is C27H34F2O2S. The summed E-state index contributed by atoms with van der Waals surface area (Å²) >= 11 is 1.14. The van der Waals surface area contributed by atoms with Gasteiger partial charge in [-0.2, -0.15) is 0 Å². The summed E-state index contributed by atoms with van der Waals surface area (Å²) in [5, 5.41) is 1.45. The number of halogens is 2. The standard InChI is InChI=1S/C27H34F2O2S/c1-4-18-7-9-19(10-8-18)16-31-23-14-12-21-20-11-13-22(30-15-5-6-17(2)3)24(28)26(20)32-27(21)25(23)29/h11-14,17-19H,4-10,15-16H2,1-3H3. The van der Waals surface area contributed by atoms with E-state index in [4.69, 9.17) is 9.47 Å². The van der Waals surface area contributed by atoms with Gasteiger partial charge in [0.15, 0.2) is 23.1 Å². The fourth-order valence-corrected chi connectivity index (χ4v) is 5.87. The number of fused-ring (bicyclic) bond motifs is 3. The minimum Gasteiger partial charge on any atom is -0.490 e. The van der Waals surface area contributed by atoms with Crippen LogP contribution in [0.15, 0.2) is 24.3 Å². The van der Waals surface area contributed by atoms with Gasteiger partial charge in [-0.1, -0.05) is 40.0 Å². The van der Waals surface area contributed by atoms with E-state index in [0.29, 0.717) is 34.4 Å². The van der Waals surface area contributed by atoms with Crippen molar-refractivity contribution in [1.82, 2.24) is 0 Å². The molecule has 1 aliphatic carbocycles. The Morgan fingerprint density at radius 1 is 0.875 bits per heavy atom. The molecule has 1 heterocycles. The molecule has 0 radical (unpaired) electrons. The molecular weight excluding hydrogens is 426 g/mol. The maximum absolute atomic E-state index is 15.3. The average Bonchev–Trinajstić information content (AvgIpc) is 3.18. The van der Waals surface area contributed by atoms with Crippen molar-refractivity contribution < 1.29 is 18.3 Å². The van der Waals surface area contributed by atoms with E-state index in [9.17, 15) is 0 Å². The average molecular weight is 461 g/mol. The van der Waals surface area contributed by atoms with E-state index in [1.165, 1.54) is 19.3 Å². The summed E-state index contributed by atoms with van der Waals surface area (Å²) in [7, 11) is 0. The summed E-state index contributed by atoms with van der Waals surface area (Å²) in [4.78, 5) is 0. The van der Waals surface area contributed by atoms with Gasteiger partial charge in [0.25, 0.3) is 0 Å². The second kappa shape index (κ2) is 10.4. The van der Waals surface area contributed by atoms with Gasteiger partial charge in [-0.05, 0) is 67.7 Å². The summed E-state index contributed by atoms with van der Waals surface area (Å²) in [6.45, 7) is 7.60. The summed E-state index contributed by atoms with van der Waals surface area (Å²) < 4.78 is 42.8. The number of hydrogen-bond acceptors (Lipinski definition) is 3. The van der Waals surface area contributed by atoms with E-state index < -0.39 is 5.82 Å². The van der Waals surface area contributed by atoms with Gasteiger partial charge in [-0.15, -0.1) is 11.3 Å². The molecule has 0 unspecified atom stereocenters. The Morgan fingerprint density at radius 2 is 1.44 bits per heavy atom. The third-order valence-electron chi connectivity index (χ3n) is 6.82. The zero-order chi connectivity index (χ0) is 22.7. The monoisotopic (exact) mass is 460 g/mol. The highest BCUT2D eigenvalue weighted by molar-refractivity contribution is 7.25. The Balaban J connectivity index is 1.49. The first kappa shape index (κ1) is 23.3. The van der Waals surface area contributed by atoms with Crippen LogP contribution in [0.1, 0.15) is 65.7 Å². The largest absolute Gasteiger partial charge is 0.490 e. The minimum absolute atomic E-state index is 0.243. The Labute approximate surface area is 193 Å². The molecule has 0 aliphatic heterocycles. The Bertz CT molecular complexity index is 1050. The number of thiophene rings is 1. The van der Waals surface area contributed by atoms with Crippen molar-refractivity contribution >= 4 is 31.5 Å². The molecule has 1 aliphatic rings. The molecule has 0 saturated heterocycles. The number of benzene rings is 2. The molecule has 0 N–H and O–H groups in total. The Hall–Kier alpha value is -1.88. The molecule has 2 nitrogen and oxygen atoms in total. The molecule has 5 heteroatoms. The first-order valence-electron chi connectivity index (χ1n) is 12.1. The summed E-state index contributed by atoms with van der Waals surface area (Å²) in [6.07, 6.45) is 7.95. The fourth-order valence-electron chi connectivity index (χ4n) is 4.71. The molecule has 0 atom stereocenters. The van der Waals surface area contributed by atoms with Crippen molar-refractivity contribution in [3.63, 3.8) is 0 Å². The smallest absolute Gasteiger partial charge is 0.182 e. The van der Waals surface area contributed by atoms with Gasteiger partial charge in [0.05, 0.1) is 22.6 Å².